The van der Waals surface area contributed by atoms with Gasteiger partial charge in [-0.15, -0.1) is 0 Å². The van der Waals surface area contributed by atoms with Crippen molar-refractivity contribution in [2.75, 3.05) is 5.33 Å². The van der Waals surface area contributed by atoms with Gasteiger partial charge in [0.05, 0.1) is 12.2 Å². The standard InChI is InChI=1S/C11H14Br2O/c1-11(2,8-12)14-7-9-3-5-10(13)6-4-9/h3-6H,7-8H2,1-2H3. The van der Waals surface area contributed by atoms with Crippen LogP contribution in [0.1, 0.15) is 19.4 Å². The van der Waals surface area contributed by atoms with Gasteiger partial charge in [-0.2, -0.15) is 0 Å². The Hall–Kier alpha value is 0.140. The molecule has 0 spiro atoms. The van der Waals surface area contributed by atoms with E-state index in [2.05, 4.69) is 57.8 Å². The molecule has 0 aliphatic rings. The lowest BCUT2D eigenvalue weighted by molar-refractivity contribution is -0.0103. The van der Waals surface area contributed by atoms with Gasteiger partial charge in [-0.25, -0.2) is 0 Å². The van der Waals surface area contributed by atoms with E-state index in [1.54, 1.807) is 0 Å². The molecule has 0 aliphatic heterocycles. The highest BCUT2D eigenvalue weighted by Crippen LogP contribution is 2.17. The van der Waals surface area contributed by atoms with E-state index >= 15 is 0 Å². The highest BCUT2D eigenvalue weighted by atomic mass is 79.9. The number of halogens is 2. The first-order valence-electron chi connectivity index (χ1n) is 4.48. The fraction of sp³-hybridized carbons (Fsp3) is 0.455. The summed E-state index contributed by atoms with van der Waals surface area (Å²) in [5.41, 5.74) is 1.09. The number of benzene rings is 1. The van der Waals surface area contributed by atoms with Gasteiger partial charge >= 0.3 is 0 Å². The second-order valence-corrected chi connectivity index (χ2v) is 5.28. The molecule has 14 heavy (non-hydrogen) atoms. The van der Waals surface area contributed by atoms with Crippen LogP contribution in [-0.4, -0.2) is 10.9 Å². The smallest absolute Gasteiger partial charge is 0.0727 e. The number of hydrogen-bond donors (Lipinski definition) is 0. The Bertz CT molecular complexity index is 280. The fourth-order valence-corrected chi connectivity index (χ4v) is 1.32. The van der Waals surface area contributed by atoms with Crippen LogP contribution in [0.2, 0.25) is 0 Å². The molecule has 0 aliphatic carbocycles. The van der Waals surface area contributed by atoms with Crippen molar-refractivity contribution in [1.29, 1.82) is 0 Å². The molecule has 1 aromatic rings. The minimum Gasteiger partial charge on any atom is -0.370 e. The molecule has 0 fully saturated rings. The summed E-state index contributed by atoms with van der Waals surface area (Å²) in [5.74, 6) is 0. The molecule has 0 aromatic heterocycles. The zero-order chi connectivity index (χ0) is 10.6. The molecule has 0 radical (unpaired) electrons. The topological polar surface area (TPSA) is 9.23 Å². The molecule has 1 aromatic carbocycles. The number of ether oxygens (including phenoxy) is 1. The Morgan fingerprint density at radius 2 is 1.79 bits per heavy atom. The van der Waals surface area contributed by atoms with Crippen LogP contribution in [0.3, 0.4) is 0 Å². The maximum Gasteiger partial charge on any atom is 0.0727 e. The number of alkyl halides is 1. The second-order valence-electron chi connectivity index (χ2n) is 3.81. The first-order chi connectivity index (χ1) is 6.53. The van der Waals surface area contributed by atoms with Crippen LogP contribution in [0.15, 0.2) is 28.7 Å². The Morgan fingerprint density at radius 1 is 1.21 bits per heavy atom. The van der Waals surface area contributed by atoms with E-state index in [4.69, 9.17) is 4.74 Å². The van der Waals surface area contributed by atoms with E-state index in [0.29, 0.717) is 6.61 Å². The van der Waals surface area contributed by atoms with Crippen LogP contribution in [0.5, 0.6) is 0 Å². The van der Waals surface area contributed by atoms with Crippen LogP contribution in [0, 0.1) is 0 Å². The van der Waals surface area contributed by atoms with E-state index < -0.39 is 0 Å². The molecule has 0 N–H and O–H groups in total. The van der Waals surface area contributed by atoms with Crippen molar-refractivity contribution in [3.8, 4) is 0 Å². The lowest BCUT2D eigenvalue weighted by Crippen LogP contribution is -2.25. The minimum absolute atomic E-state index is 0.104. The molecule has 78 valence electrons. The van der Waals surface area contributed by atoms with E-state index in [0.717, 1.165) is 9.80 Å². The van der Waals surface area contributed by atoms with Crippen molar-refractivity contribution >= 4 is 31.9 Å². The molecule has 3 heteroatoms. The molecule has 0 amide bonds. The van der Waals surface area contributed by atoms with Crippen LogP contribution >= 0.6 is 31.9 Å². The maximum atomic E-state index is 5.74. The average molecular weight is 322 g/mol. The lowest BCUT2D eigenvalue weighted by Gasteiger charge is -2.22. The summed E-state index contributed by atoms with van der Waals surface area (Å²) in [6.45, 7) is 4.80. The Labute approximate surface area is 102 Å². The molecule has 0 unspecified atom stereocenters. The molecule has 0 saturated heterocycles. The van der Waals surface area contributed by atoms with Gasteiger partial charge < -0.3 is 4.74 Å². The molecule has 1 rings (SSSR count). The highest BCUT2D eigenvalue weighted by molar-refractivity contribution is 9.10. The van der Waals surface area contributed by atoms with E-state index in [1.165, 1.54) is 5.56 Å². The average Bonchev–Trinajstić information content (AvgIpc) is 2.17. The summed E-state index contributed by atoms with van der Waals surface area (Å²) in [6.07, 6.45) is 0. The van der Waals surface area contributed by atoms with Gasteiger partial charge in [-0.1, -0.05) is 44.0 Å². The van der Waals surface area contributed by atoms with E-state index in [-0.39, 0.29) is 5.60 Å². The Kier molecular flexibility index (Phi) is 4.61. The van der Waals surface area contributed by atoms with Gasteiger partial charge in [-0.3, -0.25) is 0 Å². The van der Waals surface area contributed by atoms with Gasteiger partial charge in [0.15, 0.2) is 0 Å². The largest absolute Gasteiger partial charge is 0.370 e. The summed E-state index contributed by atoms with van der Waals surface area (Å²) in [7, 11) is 0. The first kappa shape index (κ1) is 12.2. The van der Waals surface area contributed by atoms with Crippen molar-refractivity contribution in [3.05, 3.63) is 34.3 Å². The third-order valence-electron chi connectivity index (χ3n) is 1.86. The minimum atomic E-state index is -0.104. The summed E-state index contributed by atoms with van der Waals surface area (Å²) >= 11 is 6.82. The van der Waals surface area contributed by atoms with Gasteiger partial charge in [0, 0.05) is 9.80 Å². The lowest BCUT2D eigenvalue weighted by atomic mass is 10.2. The van der Waals surface area contributed by atoms with Crippen molar-refractivity contribution in [3.63, 3.8) is 0 Å². The third kappa shape index (κ3) is 4.11. The molecule has 0 atom stereocenters. The summed E-state index contributed by atoms with van der Waals surface area (Å²) < 4.78 is 6.84. The number of hydrogen-bond acceptors (Lipinski definition) is 1. The van der Waals surface area contributed by atoms with Crippen LogP contribution < -0.4 is 0 Å². The molecule has 0 heterocycles. The van der Waals surface area contributed by atoms with Crippen molar-refractivity contribution < 1.29 is 4.74 Å². The zero-order valence-electron chi connectivity index (χ0n) is 8.39. The molecule has 0 saturated carbocycles. The normalized spacial score (nSPS) is 11.7. The predicted octanol–water partition coefficient (Wildman–Crippen LogP) is 4.14. The van der Waals surface area contributed by atoms with Gasteiger partial charge in [-0.05, 0) is 31.5 Å². The molecule has 1 nitrogen and oxygen atoms in total. The summed E-state index contributed by atoms with van der Waals surface area (Å²) in [4.78, 5) is 0. The monoisotopic (exact) mass is 320 g/mol. The van der Waals surface area contributed by atoms with Gasteiger partial charge in [0.1, 0.15) is 0 Å². The quantitative estimate of drug-likeness (QED) is 0.757. The van der Waals surface area contributed by atoms with E-state index in [9.17, 15) is 0 Å². The summed E-state index contributed by atoms with van der Waals surface area (Å²) in [5, 5.41) is 0.844. The SMILES string of the molecule is CC(C)(CBr)OCc1ccc(Br)cc1. The Morgan fingerprint density at radius 3 is 2.29 bits per heavy atom. The van der Waals surface area contributed by atoms with Crippen molar-refractivity contribution in [1.82, 2.24) is 0 Å². The fourth-order valence-electron chi connectivity index (χ4n) is 0.898. The first-order valence-corrected chi connectivity index (χ1v) is 6.39. The third-order valence-corrected chi connectivity index (χ3v) is 3.74. The zero-order valence-corrected chi connectivity index (χ0v) is 11.6. The van der Waals surface area contributed by atoms with Crippen LogP contribution in [-0.2, 0) is 11.3 Å². The second kappa shape index (κ2) is 5.29. The molecular formula is C11H14Br2O. The Balaban J connectivity index is 2.50. The molecular weight excluding hydrogens is 308 g/mol. The van der Waals surface area contributed by atoms with Gasteiger partial charge in [0.2, 0.25) is 0 Å². The predicted molar refractivity (Wildman–Crippen MR) is 66.8 cm³/mol. The van der Waals surface area contributed by atoms with Crippen LogP contribution in [0.4, 0.5) is 0 Å². The molecule has 0 bridgehead atoms. The van der Waals surface area contributed by atoms with Gasteiger partial charge in [0.25, 0.3) is 0 Å². The number of rotatable bonds is 4. The van der Waals surface area contributed by atoms with Crippen LogP contribution in [0.25, 0.3) is 0 Å². The summed E-state index contributed by atoms with van der Waals surface area (Å²) in [6, 6.07) is 8.18. The van der Waals surface area contributed by atoms with Crippen molar-refractivity contribution in [2.45, 2.75) is 26.1 Å². The van der Waals surface area contributed by atoms with E-state index in [1.807, 2.05) is 12.1 Å². The maximum absolute atomic E-state index is 5.74. The van der Waals surface area contributed by atoms with Crippen molar-refractivity contribution in [2.24, 2.45) is 0 Å². The highest BCUT2D eigenvalue weighted by Gasteiger charge is 2.15.